The van der Waals surface area contributed by atoms with Crippen molar-refractivity contribution in [3.05, 3.63) is 203 Å². The Labute approximate surface area is 459 Å². The summed E-state index contributed by atoms with van der Waals surface area (Å²) in [6.45, 7) is 4.51. The number of ether oxygens (including phenoxy) is 4. The summed E-state index contributed by atoms with van der Waals surface area (Å²) in [6, 6.07) is 51.0. The molecule has 10 rings (SSSR count). The van der Waals surface area contributed by atoms with Gasteiger partial charge in [-0.3, -0.25) is 0 Å². The van der Waals surface area contributed by atoms with Crippen LogP contribution in [0.1, 0.15) is 181 Å². The van der Waals surface area contributed by atoms with E-state index in [0.717, 1.165) is 33.4 Å². The molecule has 0 unspecified atom stereocenters. The van der Waals surface area contributed by atoms with Gasteiger partial charge in [-0.25, -0.2) is 19.2 Å². The van der Waals surface area contributed by atoms with E-state index >= 15 is 0 Å². The second kappa shape index (κ2) is 25.5. The van der Waals surface area contributed by atoms with Gasteiger partial charge in [0.1, 0.15) is 23.0 Å². The van der Waals surface area contributed by atoms with Crippen molar-refractivity contribution >= 4 is 45.4 Å². The Bertz CT molecular complexity index is 3120. The Hall–Kier alpha value is -7.84. The number of unbranched alkanes of at least 4 members (excludes halogenated alkanes) is 4. The smallest absolute Gasteiger partial charge is 0.343 e. The zero-order chi connectivity index (χ0) is 53.8. The Balaban J connectivity index is 0.808. The summed E-state index contributed by atoms with van der Waals surface area (Å²) >= 11 is 0. The number of carbonyl (C=O) groups excluding carboxylic acids is 4. The molecule has 0 bridgehead atoms. The number of benzene rings is 8. The fourth-order valence-electron chi connectivity index (χ4n) is 11.9. The van der Waals surface area contributed by atoms with Crippen LogP contribution in [0.2, 0.25) is 0 Å². The van der Waals surface area contributed by atoms with Crippen LogP contribution in [0.4, 0.5) is 0 Å². The molecule has 8 aromatic carbocycles. The molecule has 0 saturated heterocycles. The lowest BCUT2D eigenvalue weighted by atomic mass is 9.77. The van der Waals surface area contributed by atoms with Crippen LogP contribution in [0.15, 0.2) is 170 Å². The van der Waals surface area contributed by atoms with E-state index in [1.807, 2.05) is 84.9 Å². The highest BCUT2D eigenvalue weighted by molar-refractivity contribution is 6.11. The summed E-state index contributed by atoms with van der Waals surface area (Å²) in [6.07, 6.45) is 20.3. The van der Waals surface area contributed by atoms with Crippen molar-refractivity contribution in [1.82, 2.24) is 0 Å². The van der Waals surface area contributed by atoms with Crippen molar-refractivity contribution < 1.29 is 38.1 Å². The quantitative estimate of drug-likeness (QED) is 0.0448. The third-order valence-electron chi connectivity index (χ3n) is 16.4. The topological polar surface area (TPSA) is 105 Å². The van der Waals surface area contributed by atoms with Gasteiger partial charge < -0.3 is 18.9 Å². The monoisotopic (exact) mass is 1040 g/mol. The lowest BCUT2D eigenvalue weighted by Gasteiger charge is -2.29. The Morgan fingerprint density at radius 1 is 0.359 bits per heavy atom. The number of fused-ring (bicyclic) bond motifs is 2. The average Bonchev–Trinajstić information content (AvgIpc) is 3.57. The molecular weight excluding hydrogens is 969 g/mol. The molecule has 2 aliphatic carbocycles. The highest BCUT2D eigenvalue weighted by Crippen LogP contribution is 2.46. The van der Waals surface area contributed by atoms with Crippen LogP contribution in [0.25, 0.3) is 32.7 Å². The van der Waals surface area contributed by atoms with Gasteiger partial charge in [0.2, 0.25) is 0 Å². The minimum absolute atomic E-state index is 0.246. The molecule has 78 heavy (non-hydrogen) atoms. The lowest BCUT2D eigenvalue weighted by molar-refractivity contribution is 0.0719. The van der Waals surface area contributed by atoms with E-state index in [9.17, 15) is 19.2 Å². The van der Waals surface area contributed by atoms with Crippen LogP contribution < -0.4 is 18.9 Å². The maximum Gasteiger partial charge on any atom is 0.343 e. The maximum absolute atomic E-state index is 14.1. The highest BCUT2D eigenvalue weighted by atomic mass is 16.5. The molecule has 0 atom stereocenters. The Morgan fingerprint density at radius 3 is 1.05 bits per heavy atom. The molecule has 2 fully saturated rings. The number of hydrogen-bond acceptors (Lipinski definition) is 8. The average molecular weight is 1040 g/mol. The molecule has 8 heteroatoms. The van der Waals surface area contributed by atoms with Crippen molar-refractivity contribution in [1.29, 1.82) is 0 Å². The molecule has 0 aliphatic heterocycles. The van der Waals surface area contributed by atoms with Crippen LogP contribution in [0, 0.1) is 11.8 Å². The first-order chi connectivity index (χ1) is 38.2. The molecule has 2 aliphatic rings. The molecule has 0 amide bonds. The minimum atomic E-state index is -0.628. The van der Waals surface area contributed by atoms with Gasteiger partial charge in [-0.15, -0.1) is 0 Å². The van der Waals surface area contributed by atoms with E-state index in [0.29, 0.717) is 45.6 Å². The van der Waals surface area contributed by atoms with E-state index < -0.39 is 23.9 Å². The lowest BCUT2D eigenvalue weighted by Crippen LogP contribution is -2.14. The van der Waals surface area contributed by atoms with Crippen LogP contribution in [-0.2, 0) is 0 Å². The molecule has 0 spiro atoms. The molecule has 398 valence electrons. The van der Waals surface area contributed by atoms with Gasteiger partial charge in [-0.2, -0.15) is 0 Å². The molecule has 0 aromatic heterocycles. The van der Waals surface area contributed by atoms with Crippen molar-refractivity contribution in [2.24, 2.45) is 11.8 Å². The van der Waals surface area contributed by atoms with Gasteiger partial charge in [0.15, 0.2) is 0 Å². The number of rotatable bonds is 19. The molecular formula is C70H70O8. The summed E-state index contributed by atoms with van der Waals surface area (Å²) in [7, 11) is 0. The SMILES string of the molecule is CCCCCC1CCC(c2ccc(C(=O)Oc3ccc(C(=O)Oc4ccc5ccccc5c4-c4c(OC(=O)c5ccc(OC(=O)c6ccc(C7CCC(CCCCC)CC7)cc6)cc5)ccc5ccccc45)cc3)cc2)CC1. The fraction of sp³-hybridized carbons (Fsp3) is 0.314. The van der Waals surface area contributed by atoms with Crippen molar-refractivity contribution in [3.63, 3.8) is 0 Å². The third-order valence-corrected chi connectivity index (χ3v) is 16.4. The largest absolute Gasteiger partial charge is 0.423 e. The van der Waals surface area contributed by atoms with Gasteiger partial charge in [0, 0.05) is 11.1 Å². The van der Waals surface area contributed by atoms with Crippen molar-refractivity contribution in [3.8, 4) is 34.1 Å². The van der Waals surface area contributed by atoms with Gasteiger partial charge in [0.25, 0.3) is 0 Å². The molecule has 8 aromatic rings. The molecule has 8 nitrogen and oxygen atoms in total. The van der Waals surface area contributed by atoms with Crippen LogP contribution in [-0.4, -0.2) is 23.9 Å². The Kier molecular flexibility index (Phi) is 17.5. The molecule has 0 heterocycles. The minimum Gasteiger partial charge on any atom is -0.423 e. The Morgan fingerprint density at radius 2 is 0.692 bits per heavy atom. The maximum atomic E-state index is 14.1. The fourth-order valence-corrected chi connectivity index (χ4v) is 11.9. The standard InChI is InChI=1S/C70H70O8/c1-3-5-7-13-47-19-23-49(24-20-47)51-27-31-55(32-28-51)67(71)75-59-41-35-57(36-42-59)69(73)77-63-45-39-53-15-9-11-17-61(53)65(63)66-62-18-12-10-16-54(62)40-46-64(66)78-70(74)58-37-43-60(44-38-58)76-68(72)56-33-29-52(30-34-56)50-25-21-48(22-26-50)14-8-6-4-2/h9-12,15-18,27-50H,3-8,13-14,19-26H2,1-2H3. The summed E-state index contributed by atoms with van der Waals surface area (Å²) < 4.78 is 24.0. The number of carbonyl (C=O) groups is 4. The second-order valence-electron chi connectivity index (χ2n) is 21.6. The van der Waals surface area contributed by atoms with Gasteiger partial charge >= 0.3 is 23.9 Å². The van der Waals surface area contributed by atoms with Gasteiger partial charge in [-0.1, -0.05) is 150 Å². The van der Waals surface area contributed by atoms with E-state index in [-0.39, 0.29) is 22.6 Å². The highest BCUT2D eigenvalue weighted by Gasteiger charge is 2.26. The predicted octanol–water partition coefficient (Wildman–Crippen LogP) is 18.2. The predicted molar refractivity (Wildman–Crippen MR) is 310 cm³/mol. The molecule has 0 N–H and O–H groups in total. The third kappa shape index (κ3) is 12.9. The first kappa shape index (κ1) is 53.6. The summed E-state index contributed by atoms with van der Waals surface area (Å²) in [5, 5.41) is 3.32. The normalized spacial score (nSPS) is 17.3. The van der Waals surface area contributed by atoms with E-state index in [2.05, 4.69) is 38.1 Å². The second-order valence-corrected chi connectivity index (χ2v) is 21.6. The molecule has 2 saturated carbocycles. The van der Waals surface area contributed by atoms with Crippen LogP contribution >= 0.6 is 0 Å². The van der Waals surface area contributed by atoms with E-state index in [1.54, 1.807) is 60.7 Å². The van der Waals surface area contributed by atoms with E-state index in [1.165, 1.54) is 114 Å². The first-order valence-electron chi connectivity index (χ1n) is 28.5. The zero-order valence-corrected chi connectivity index (χ0v) is 45.1. The van der Waals surface area contributed by atoms with Crippen molar-refractivity contribution in [2.45, 2.75) is 128 Å². The van der Waals surface area contributed by atoms with Gasteiger partial charge in [-0.05, 0) is 193 Å². The van der Waals surface area contributed by atoms with Crippen LogP contribution in [0.5, 0.6) is 23.0 Å². The molecule has 0 radical (unpaired) electrons. The van der Waals surface area contributed by atoms with E-state index in [4.69, 9.17) is 18.9 Å². The van der Waals surface area contributed by atoms with Crippen molar-refractivity contribution in [2.75, 3.05) is 0 Å². The first-order valence-corrected chi connectivity index (χ1v) is 28.5. The summed E-state index contributed by atoms with van der Waals surface area (Å²) in [5.74, 6) is 1.62. The zero-order valence-electron chi connectivity index (χ0n) is 45.1. The number of hydrogen-bond donors (Lipinski definition) is 0. The summed E-state index contributed by atoms with van der Waals surface area (Å²) in [5.41, 5.74) is 5.09. The summed E-state index contributed by atoms with van der Waals surface area (Å²) in [4.78, 5) is 54.7. The van der Waals surface area contributed by atoms with Crippen LogP contribution in [0.3, 0.4) is 0 Å². The van der Waals surface area contributed by atoms with Gasteiger partial charge in [0.05, 0.1) is 22.3 Å². The number of esters is 4.